The molecule has 1 N–H and O–H groups in total. The molecule has 7 heteroatoms. The van der Waals surface area contributed by atoms with Crippen molar-refractivity contribution in [3.63, 3.8) is 0 Å². The molecule has 0 fully saturated rings. The highest BCUT2D eigenvalue weighted by Gasteiger charge is 2.32. The molecule has 0 saturated carbocycles. The van der Waals surface area contributed by atoms with Gasteiger partial charge < -0.3 is 5.32 Å². The van der Waals surface area contributed by atoms with Crippen LogP contribution in [0.2, 0.25) is 0 Å². The minimum Gasteiger partial charge on any atom is -0.319 e. The summed E-state index contributed by atoms with van der Waals surface area (Å²) >= 11 is 3.44. The van der Waals surface area contributed by atoms with Crippen molar-refractivity contribution in [2.24, 2.45) is 4.99 Å². The van der Waals surface area contributed by atoms with Crippen LogP contribution in [0.5, 0.6) is 0 Å². The van der Waals surface area contributed by atoms with Gasteiger partial charge in [0.05, 0.1) is 16.9 Å². The molecule has 28 heavy (non-hydrogen) atoms. The Labute approximate surface area is 167 Å². The molecule has 0 aliphatic carbocycles. The SMILES string of the molecule is O=C1Nc2c(cc(Br)cc2-c2ccccc2)C1=Nc1cccc(C(F)(F)F)c1. The van der Waals surface area contributed by atoms with Crippen LogP contribution >= 0.6 is 15.9 Å². The summed E-state index contributed by atoms with van der Waals surface area (Å²) in [5, 5.41) is 2.79. The maximum absolute atomic E-state index is 13.0. The zero-order valence-corrected chi connectivity index (χ0v) is 15.8. The standard InChI is InChI=1S/C21H12BrF3N2O/c22-14-10-16(12-5-2-1-3-6-12)18-17(11-14)19(20(28)27-18)26-15-8-4-7-13(9-15)21(23,24)25/h1-11H,(H,26,27,28). The van der Waals surface area contributed by atoms with Crippen LogP contribution in [0.3, 0.4) is 0 Å². The number of fused-ring (bicyclic) bond motifs is 1. The van der Waals surface area contributed by atoms with Crippen molar-refractivity contribution in [3.8, 4) is 11.1 Å². The summed E-state index contributed by atoms with van der Waals surface area (Å²) in [7, 11) is 0. The van der Waals surface area contributed by atoms with E-state index in [1.54, 1.807) is 6.07 Å². The lowest BCUT2D eigenvalue weighted by Crippen LogP contribution is -2.14. The van der Waals surface area contributed by atoms with Crippen LogP contribution in [0.25, 0.3) is 11.1 Å². The van der Waals surface area contributed by atoms with Gasteiger partial charge in [-0.25, -0.2) is 4.99 Å². The van der Waals surface area contributed by atoms with E-state index in [-0.39, 0.29) is 11.4 Å². The molecule has 1 aliphatic rings. The number of hydrogen-bond donors (Lipinski definition) is 1. The van der Waals surface area contributed by atoms with E-state index in [1.165, 1.54) is 12.1 Å². The first kappa shape index (κ1) is 18.4. The van der Waals surface area contributed by atoms with Crippen LogP contribution in [0, 0.1) is 0 Å². The fraction of sp³-hybridized carbons (Fsp3) is 0.0476. The predicted molar refractivity (Wildman–Crippen MR) is 106 cm³/mol. The zero-order chi connectivity index (χ0) is 19.9. The fourth-order valence-electron chi connectivity index (χ4n) is 3.06. The van der Waals surface area contributed by atoms with E-state index in [4.69, 9.17) is 0 Å². The molecule has 3 nitrogen and oxygen atoms in total. The molecule has 0 atom stereocenters. The van der Waals surface area contributed by atoms with Crippen molar-refractivity contribution in [1.82, 2.24) is 0 Å². The molecule has 0 spiro atoms. The molecule has 0 bridgehead atoms. The number of carbonyl (C=O) groups is 1. The van der Waals surface area contributed by atoms with Crippen LogP contribution < -0.4 is 5.32 Å². The average Bonchev–Trinajstić information content (AvgIpc) is 2.97. The molecule has 1 aliphatic heterocycles. The van der Waals surface area contributed by atoms with Crippen molar-refractivity contribution in [2.75, 3.05) is 5.32 Å². The molecule has 1 amide bonds. The molecule has 0 radical (unpaired) electrons. The summed E-state index contributed by atoms with van der Waals surface area (Å²) < 4.78 is 39.6. The zero-order valence-electron chi connectivity index (χ0n) is 14.2. The summed E-state index contributed by atoms with van der Waals surface area (Å²) in [6, 6.07) is 17.7. The van der Waals surface area contributed by atoms with Crippen molar-refractivity contribution in [1.29, 1.82) is 0 Å². The predicted octanol–water partition coefficient (Wildman–Crippen LogP) is 6.21. The smallest absolute Gasteiger partial charge is 0.319 e. The summed E-state index contributed by atoms with van der Waals surface area (Å²) in [4.78, 5) is 16.7. The second kappa shape index (κ2) is 6.91. The van der Waals surface area contributed by atoms with Crippen LogP contribution in [0.1, 0.15) is 11.1 Å². The Morgan fingerprint density at radius 3 is 2.32 bits per heavy atom. The summed E-state index contributed by atoms with van der Waals surface area (Å²) in [5.41, 5.74) is 2.16. The molecule has 0 aromatic heterocycles. The van der Waals surface area contributed by atoms with Gasteiger partial charge in [-0.05, 0) is 35.9 Å². The van der Waals surface area contributed by atoms with Crippen LogP contribution in [0.15, 0.2) is 76.2 Å². The molecule has 0 unspecified atom stereocenters. The summed E-state index contributed by atoms with van der Waals surface area (Å²) in [6.45, 7) is 0. The first-order valence-corrected chi connectivity index (χ1v) is 9.09. The second-order valence-corrected chi connectivity index (χ2v) is 7.12. The Balaban J connectivity index is 1.84. The van der Waals surface area contributed by atoms with E-state index >= 15 is 0 Å². The molecule has 3 aromatic carbocycles. The lowest BCUT2D eigenvalue weighted by atomic mass is 10.00. The third-order valence-corrected chi connectivity index (χ3v) is 4.77. The van der Waals surface area contributed by atoms with Crippen LogP contribution in [0.4, 0.5) is 24.5 Å². The number of carbonyl (C=O) groups excluding carboxylic acids is 1. The summed E-state index contributed by atoms with van der Waals surface area (Å²) in [5.74, 6) is -0.456. The average molecular weight is 445 g/mol. The number of hydrogen-bond acceptors (Lipinski definition) is 2. The summed E-state index contributed by atoms with van der Waals surface area (Å²) in [6.07, 6.45) is -4.48. The largest absolute Gasteiger partial charge is 0.416 e. The van der Waals surface area contributed by atoms with E-state index in [0.717, 1.165) is 27.7 Å². The number of benzene rings is 3. The van der Waals surface area contributed by atoms with Gasteiger partial charge in [0.15, 0.2) is 0 Å². The van der Waals surface area contributed by atoms with E-state index in [9.17, 15) is 18.0 Å². The van der Waals surface area contributed by atoms with Gasteiger partial charge in [-0.3, -0.25) is 4.79 Å². The third-order valence-electron chi connectivity index (χ3n) is 4.31. The maximum atomic E-state index is 13.0. The van der Waals surface area contributed by atoms with Gasteiger partial charge in [0.2, 0.25) is 0 Å². The second-order valence-electron chi connectivity index (χ2n) is 6.20. The fourth-order valence-corrected chi connectivity index (χ4v) is 3.52. The van der Waals surface area contributed by atoms with Gasteiger partial charge in [-0.15, -0.1) is 0 Å². The number of anilines is 1. The van der Waals surface area contributed by atoms with Crippen molar-refractivity contribution < 1.29 is 18.0 Å². The number of halogens is 4. The van der Waals surface area contributed by atoms with Gasteiger partial charge >= 0.3 is 6.18 Å². The third kappa shape index (κ3) is 3.45. The first-order valence-electron chi connectivity index (χ1n) is 8.29. The number of alkyl halides is 3. The van der Waals surface area contributed by atoms with Gasteiger partial charge in [0.25, 0.3) is 5.91 Å². The molecule has 1 heterocycles. The number of amides is 1. The Bertz CT molecular complexity index is 1110. The minimum atomic E-state index is -4.48. The highest BCUT2D eigenvalue weighted by atomic mass is 79.9. The molecule has 4 rings (SSSR count). The lowest BCUT2D eigenvalue weighted by molar-refractivity contribution is -0.137. The van der Waals surface area contributed by atoms with E-state index < -0.39 is 17.6 Å². The first-order chi connectivity index (χ1) is 13.3. The Hall–Kier alpha value is -2.93. The molecular weight excluding hydrogens is 433 g/mol. The van der Waals surface area contributed by atoms with Gasteiger partial charge in [-0.2, -0.15) is 13.2 Å². The number of nitrogens with zero attached hydrogens (tertiary/aromatic N) is 1. The van der Waals surface area contributed by atoms with Crippen molar-refractivity contribution in [2.45, 2.75) is 6.18 Å². The number of rotatable bonds is 2. The van der Waals surface area contributed by atoms with Crippen molar-refractivity contribution in [3.05, 3.63) is 82.3 Å². The number of nitrogens with one attached hydrogen (secondary N) is 1. The van der Waals surface area contributed by atoms with E-state index in [0.29, 0.717) is 11.3 Å². The molecule has 140 valence electrons. The van der Waals surface area contributed by atoms with Crippen LogP contribution in [-0.2, 0) is 11.0 Å². The minimum absolute atomic E-state index is 0.0639. The van der Waals surface area contributed by atoms with Crippen molar-refractivity contribution >= 4 is 38.9 Å². The van der Waals surface area contributed by atoms with Crippen LogP contribution in [-0.4, -0.2) is 11.6 Å². The highest BCUT2D eigenvalue weighted by molar-refractivity contribution is 9.10. The topological polar surface area (TPSA) is 41.5 Å². The Morgan fingerprint density at radius 1 is 0.893 bits per heavy atom. The van der Waals surface area contributed by atoms with E-state index in [1.807, 2.05) is 36.4 Å². The van der Waals surface area contributed by atoms with E-state index in [2.05, 4.69) is 26.2 Å². The van der Waals surface area contributed by atoms with Gasteiger partial charge in [0.1, 0.15) is 5.71 Å². The Kier molecular flexibility index (Phi) is 4.55. The molecule has 0 saturated heterocycles. The quantitative estimate of drug-likeness (QED) is 0.501. The van der Waals surface area contributed by atoms with Gasteiger partial charge in [-0.1, -0.05) is 52.3 Å². The highest BCUT2D eigenvalue weighted by Crippen LogP contribution is 2.39. The number of aliphatic imine (C=N–C) groups is 1. The lowest BCUT2D eigenvalue weighted by Gasteiger charge is -2.09. The maximum Gasteiger partial charge on any atom is 0.416 e. The molecular formula is C21H12BrF3N2O. The molecule has 3 aromatic rings. The van der Waals surface area contributed by atoms with Gasteiger partial charge in [0, 0.05) is 15.6 Å². The monoisotopic (exact) mass is 444 g/mol. The normalized spacial score (nSPS) is 14.9. The Morgan fingerprint density at radius 2 is 1.61 bits per heavy atom.